The third-order valence-corrected chi connectivity index (χ3v) is 4.08. The predicted molar refractivity (Wildman–Crippen MR) is 60.1 cm³/mol. The minimum absolute atomic E-state index is 0.0903. The highest BCUT2D eigenvalue weighted by atomic mass is 16.2. The molecular formula is C12H22N2O. The SMILES string of the molecule is CC(C)C(N)CNC(=O)C1C2CCCC21. The predicted octanol–water partition coefficient (Wildman–Crippen LogP) is 1.13. The third-order valence-electron chi connectivity index (χ3n) is 4.08. The van der Waals surface area contributed by atoms with E-state index in [1.807, 2.05) is 0 Å². The molecule has 86 valence electrons. The lowest BCUT2D eigenvalue weighted by Crippen LogP contribution is -2.41. The van der Waals surface area contributed by atoms with Crippen molar-refractivity contribution in [1.29, 1.82) is 0 Å². The normalized spacial score (nSPS) is 35.1. The Hall–Kier alpha value is -0.570. The van der Waals surface area contributed by atoms with Gasteiger partial charge in [0.05, 0.1) is 0 Å². The molecule has 0 aliphatic heterocycles. The van der Waals surface area contributed by atoms with E-state index in [1.54, 1.807) is 0 Å². The highest BCUT2D eigenvalue weighted by molar-refractivity contribution is 5.82. The molecule has 2 aliphatic carbocycles. The molecule has 2 rings (SSSR count). The van der Waals surface area contributed by atoms with Gasteiger partial charge in [0, 0.05) is 18.5 Å². The summed E-state index contributed by atoms with van der Waals surface area (Å²) in [6, 6.07) is 0.0903. The number of nitrogens with one attached hydrogen (secondary N) is 1. The number of carbonyl (C=O) groups is 1. The molecular weight excluding hydrogens is 188 g/mol. The Kier molecular flexibility index (Phi) is 3.01. The van der Waals surface area contributed by atoms with E-state index in [9.17, 15) is 4.79 Å². The maximum atomic E-state index is 11.8. The molecule has 2 fully saturated rings. The summed E-state index contributed by atoms with van der Waals surface area (Å²) in [6.45, 7) is 4.80. The van der Waals surface area contributed by atoms with E-state index in [0.717, 1.165) is 0 Å². The Balaban J connectivity index is 1.70. The van der Waals surface area contributed by atoms with Crippen LogP contribution in [0.3, 0.4) is 0 Å². The summed E-state index contributed by atoms with van der Waals surface area (Å²) in [4.78, 5) is 11.8. The minimum atomic E-state index is 0.0903. The zero-order chi connectivity index (χ0) is 11.0. The number of hydrogen-bond acceptors (Lipinski definition) is 2. The second-order valence-corrected chi connectivity index (χ2v) is 5.44. The van der Waals surface area contributed by atoms with E-state index in [-0.39, 0.29) is 11.9 Å². The summed E-state index contributed by atoms with van der Waals surface area (Å²) in [6.07, 6.45) is 3.85. The molecule has 0 spiro atoms. The van der Waals surface area contributed by atoms with E-state index in [0.29, 0.717) is 30.2 Å². The van der Waals surface area contributed by atoms with Gasteiger partial charge in [-0.15, -0.1) is 0 Å². The van der Waals surface area contributed by atoms with Crippen LogP contribution in [0.5, 0.6) is 0 Å². The molecule has 1 amide bonds. The van der Waals surface area contributed by atoms with Crippen LogP contribution in [0.15, 0.2) is 0 Å². The smallest absolute Gasteiger partial charge is 0.223 e. The second-order valence-electron chi connectivity index (χ2n) is 5.44. The van der Waals surface area contributed by atoms with Crippen LogP contribution in [0.25, 0.3) is 0 Å². The summed E-state index contributed by atoms with van der Waals surface area (Å²) >= 11 is 0. The molecule has 0 saturated heterocycles. The van der Waals surface area contributed by atoms with Crippen molar-refractivity contribution in [2.75, 3.05) is 6.54 Å². The maximum absolute atomic E-state index is 11.8. The molecule has 0 radical (unpaired) electrons. The lowest BCUT2D eigenvalue weighted by molar-refractivity contribution is -0.123. The van der Waals surface area contributed by atoms with E-state index in [4.69, 9.17) is 5.73 Å². The first-order valence-corrected chi connectivity index (χ1v) is 6.14. The molecule has 3 atom stereocenters. The summed E-state index contributed by atoms with van der Waals surface area (Å²) in [5.41, 5.74) is 5.89. The van der Waals surface area contributed by atoms with E-state index >= 15 is 0 Å². The number of carbonyl (C=O) groups excluding carboxylic acids is 1. The second kappa shape index (κ2) is 4.12. The molecule has 0 aromatic carbocycles. The number of fused-ring (bicyclic) bond motifs is 1. The van der Waals surface area contributed by atoms with Crippen molar-refractivity contribution in [3.63, 3.8) is 0 Å². The number of hydrogen-bond donors (Lipinski definition) is 2. The summed E-state index contributed by atoms with van der Waals surface area (Å²) < 4.78 is 0. The number of nitrogens with two attached hydrogens (primary N) is 1. The molecule has 3 N–H and O–H groups in total. The molecule has 0 heterocycles. The highest BCUT2D eigenvalue weighted by Gasteiger charge is 2.56. The first kappa shape index (κ1) is 10.9. The van der Waals surface area contributed by atoms with E-state index in [1.165, 1.54) is 19.3 Å². The fourth-order valence-electron chi connectivity index (χ4n) is 2.78. The van der Waals surface area contributed by atoms with Gasteiger partial charge < -0.3 is 11.1 Å². The Morgan fingerprint density at radius 1 is 1.40 bits per heavy atom. The number of rotatable bonds is 4. The molecule has 15 heavy (non-hydrogen) atoms. The maximum Gasteiger partial charge on any atom is 0.223 e. The van der Waals surface area contributed by atoms with E-state index in [2.05, 4.69) is 19.2 Å². The molecule has 0 bridgehead atoms. The van der Waals surface area contributed by atoms with Gasteiger partial charge in [-0.3, -0.25) is 4.79 Å². The van der Waals surface area contributed by atoms with E-state index < -0.39 is 0 Å². The van der Waals surface area contributed by atoms with Crippen molar-refractivity contribution >= 4 is 5.91 Å². The summed E-state index contributed by atoms with van der Waals surface area (Å²) in [5.74, 6) is 2.43. The quantitative estimate of drug-likeness (QED) is 0.731. The number of amides is 1. The molecule has 2 saturated carbocycles. The van der Waals surface area contributed by atoms with Crippen molar-refractivity contribution in [2.24, 2.45) is 29.4 Å². The highest BCUT2D eigenvalue weighted by Crippen LogP contribution is 2.57. The molecule has 2 aliphatic rings. The van der Waals surface area contributed by atoms with Gasteiger partial charge in [0.1, 0.15) is 0 Å². The molecule has 0 aromatic heterocycles. The first-order valence-electron chi connectivity index (χ1n) is 6.14. The van der Waals surface area contributed by atoms with Crippen LogP contribution < -0.4 is 11.1 Å². The van der Waals surface area contributed by atoms with Gasteiger partial charge in [0.25, 0.3) is 0 Å². The molecule has 3 heteroatoms. The Morgan fingerprint density at radius 3 is 2.53 bits per heavy atom. The van der Waals surface area contributed by atoms with Crippen LogP contribution in [0.1, 0.15) is 33.1 Å². The summed E-state index contributed by atoms with van der Waals surface area (Å²) in [7, 11) is 0. The van der Waals surface area contributed by atoms with Crippen LogP contribution >= 0.6 is 0 Å². The van der Waals surface area contributed by atoms with Crippen LogP contribution in [-0.2, 0) is 4.79 Å². The fourth-order valence-corrected chi connectivity index (χ4v) is 2.78. The van der Waals surface area contributed by atoms with Gasteiger partial charge in [0.15, 0.2) is 0 Å². The zero-order valence-electron chi connectivity index (χ0n) is 9.70. The zero-order valence-corrected chi connectivity index (χ0v) is 9.70. The van der Waals surface area contributed by atoms with Crippen molar-refractivity contribution in [3.8, 4) is 0 Å². The van der Waals surface area contributed by atoms with Crippen LogP contribution in [-0.4, -0.2) is 18.5 Å². The van der Waals surface area contributed by atoms with Gasteiger partial charge in [0.2, 0.25) is 5.91 Å². The average molecular weight is 210 g/mol. The summed E-state index contributed by atoms with van der Waals surface area (Å²) in [5, 5.41) is 2.99. The molecule has 3 nitrogen and oxygen atoms in total. The fraction of sp³-hybridized carbons (Fsp3) is 0.917. The Labute approximate surface area is 91.8 Å². The van der Waals surface area contributed by atoms with Crippen LogP contribution in [0.2, 0.25) is 0 Å². The van der Waals surface area contributed by atoms with Gasteiger partial charge >= 0.3 is 0 Å². The van der Waals surface area contributed by atoms with Gasteiger partial charge in [-0.1, -0.05) is 20.3 Å². The Bertz CT molecular complexity index is 242. The lowest BCUT2D eigenvalue weighted by atomic mass is 10.1. The van der Waals surface area contributed by atoms with Crippen molar-refractivity contribution < 1.29 is 4.79 Å². The minimum Gasteiger partial charge on any atom is -0.354 e. The lowest BCUT2D eigenvalue weighted by Gasteiger charge is -2.16. The largest absolute Gasteiger partial charge is 0.354 e. The van der Waals surface area contributed by atoms with Crippen LogP contribution in [0, 0.1) is 23.7 Å². The monoisotopic (exact) mass is 210 g/mol. The van der Waals surface area contributed by atoms with Gasteiger partial charge in [-0.05, 0) is 30.6 Å². The van der Waals surface area contributed by atoms with Crippen molar-refractivity contribution in [1.82, 2.24) is 5.32 Å². The van der Waals surface area contributed by atoms with Gasteiger partial charge in [-0.25, -0.2) is 0 Å². The molecule has 3 unspecified atom stereocenters. The first-order chi connectivity index (χ1) is 7.11. The van der Waals surface area contributed by atoms with Crippen LogP contribution in [0.4, 0.5) is 0 Å². The van der Waals surface area contributed by atoms with Crippen molar-refractivity contribution in [3.05, 3.63) is 0 Å². The average Bonchev–Trinajstić information content (AvgIpc) is 2.68. The third kappa shape index (κ3) is 2.17. The van der Waals surface area contributed by atoms with Crippen molar-refractivity contribution in [2.45, 2.75) is 39.2 Å². The molecule has 0 aromatic rings. The van der Waals surface area contributed by atoms with Gasteiger partial charge in [-0.2, -0.15) is 0 Å². The topological polar surface area (TPSA) is 55.1 Å². The standard InChI is InChI=1S/C12H22N2O/c1-7(2)10(13)6-14-12(15)11-8-4-3-5-9(8)11/h7-11H,3-6,13H2,1-2H3,(H,14,15). The Morgan fingerprint density at radius 2 is 2.00 bits per heavy atom.